The van der Waals surface area contributed by atoms with Crippen LogP contribution in [0.5, 0.6) is 0 Å². The second-order valence-corrected chi connectivity index (χ2v) is 13.7. The van der Waals surface area contributed by atoms with Gasteiger partial charge in [-0.3, -0.25) is 4.79 Å². The van der Waals surface area contributed by atoms with Crippen LogP contribution in [0.3, 0.4) is 0 Å². The highest BCUT2D eigenvalue weighted by atomic mass is 32.1. The zero-order valence-electron chi connectivity index (χ0n) is 22.9. The number of hydrogen-bond acceptors (Lipinski definition) is 7. The number of fused-ring (bicyclic) bond motifs is 4. The van der Waals surface area contributed by atoms with Gasteiger partial charge in [-0.1, -0.05) is 19.9 Å². The molecule has 3 aromatic rings. The van der Waals surface area contributed by atoms with Crippen molar-refractivity contribution in [3.05, 3.63) is 46.6 Å². The zero-order valence-corrected chi connectivity index (χ0v) is 23.7. The first-order valence-corrected chi connectivity index (χ1v) is 15.1. The quantitative estimate of drug-likeness (QED) is 0.377. The van der Waals surface area contributed by atoms with Crippen LogP contribution in [0.2, 0.25) is 0 Å². The zero-order chi connectivity index (χ0) is 27.1. The molecule has 0 radical (unpaired) electrons. The lowest BCUT2D eigenvalue weighted by Gasteiger charge is -2.59. The Morgan fingerprint density at radius 3 is 2.82 bits per heavy atom. The molecule has 1 aliphatic carbocycles. The van der Waals surface area contributed by atoms with Crippen LogP contribution in [0.1, 0.15) is 54.8 Å². The number of benzene rings is 1. The molecule has 7 atom stereocenters. The summed E-state index contributed by atoms with van der Waals surface area (Å²) in [7, 11) is 2.22. The van der Waals surface area contributed by atoms with Gasteiger partial charge in [0.15, 0.2) is 0 Å². The van der Waals surface area contributed by atoms with E-state index in [1.165, 1.54) is 35.4 Å². The molecule has 1 aromatic carbocycles. The van der Waals surface area contributed by atoms with E-state index in [0.717, 1.165) is 41.4 Å². The number of likely N-dealkylation sites (tertiary alicyclic amines) is 1. The molecule has 5 unspecified atom stereocenters. The lowest BCUT2D eigenvalue weighted by atomic mass is 9.67. The summed E-state index contributed by atoms with van der Waals surface area (Å²) < 4.78 is 1.41. The number of carbonyl (C=O) groups is 2. The van der Waals surface area contributed by atoms with E-state index < -0.39 is 5.91 Å². The smallest absolute Gasteiger partial charge is 0.383 e. The summed E-state index contributed by atoms with van der Waals surface area (Å²) >= 11 is 1.83. The SMILES string of the molecule is CCc1cc(NC(=O)C(=O)[N+]23CC(C[C@H](C)C2)[C@@H]3c2ccc3sc(C4CC5CN(C)CC54)nc3c2)cnc1N. The third-order valence-electron chi connectivity index (χ3n) is 9.96. The number of hydrogen-bond donors (Lipinski definition) is 2. The Morgan fingerprint density at radius 1 is 1.18 bits per heavy atom. The average Bonchev–Trinajstić information content (AvgIpc) is 3.44. The number of piperidine rings is 2. The number of aromatic nitrogens is 2. The van der Waals surface area contributed by atoms with Gasteiger partial charge in [0, 0.05) is 30.5 Å². The first-order valence-electron chi connectivity index (χ1n) is 14.3. The number of thiazole rings is 1. The van der Waals surface area contributed by atoms with E-state index in [2.05, 4.69) is 47.4 Å². The maximum absolute atomic E-state index is 13.8. The van der Waals surface area contributed by atoms with Gasteiger partial charge in [-0.2, -0.15) is 0 Å². The lowest BCUT2D eigenvalue weighted by Crippen LogP contribution is -2.74. The fraction of sp³-hybridized carbons (Fsp3) is 0.533. The molecule has 4 fully saturated rings. The van der Waals surface area contributed by atoms with Gasteiger partial charge in [-0.05, 0) is 61.9 Å². The molecule has 8 nitrogen and oxygen atoms in total. The molecule has 39 heavy (non-hydrogen) atoms. The largest absolute Gasteiger partial charge is 0.404 e. The minimum absolute atomic E-state index is 0.00121. The molecule has 0 spiro atoms. The van der Waals surface area contributed by atoms with E-state index in [-0.39, 0.29) is 16.4 Å². The van der Waals surface area contributed by atoms with Gasteiger partial charge < -0.3 is 16.0 Å². The molecule has 2 aromatic heterocycles. The van der Waals surface area contributed by atoms with Crippen molar-refractivity contribution < 1.29 is 14.1 Å². The standard InChI is InChI=1S/C30H36N6O2S/c1-4-17-8-21(11-32-27(17)31)33-28(37)30(38)36-14-16(2)7-20(15-36)26(36)18-5-6-25-24(10-18)34-29(39-25)22-9-19-12-35(3)13-23(19)22/h5-6,8,10-11,16,19-20,22-23,26H,4,7,9,12-15H2,1-3H3,(H2-,31,32,33,37,38)/p+1/t16-,19?,20?,22?,23?,26-,36?/m0/s1. The van der Waals surface area contributed by atoms with Crippen molar-refractivity contribution in [3.8, 4) is 0 Å². The Kier molecular flexibility index (Phi) is 5.84. The highest BCUT2D eigenvalue weighted by molar-refractivity contribution is 7.18. The molecule has 9 heteroatoms. The Morgan fingerprint density at radius 2 is 2.03 bits per heavy atom. The van der Waals surface area contributed by atoms with E-state index in [9.17, 15) is 9.59 Å². The number of nitrogens with one attached hydrogen (secondary N) is 1. The minimum atomic E-state index is -0.570. The van der Waals surface area contributed by atoms with E-state index in [1.54, 1.807) is 0 Å². The number of nitrogen functional groups attached to an aromatic ring is 1. The van der Waals surface area contributed by atoms with Gasteiger partial charge in [0.25, 0.3) is 0 Å². The topological polar surface area (TPSA) is 101 Å². The lowest BCUT2D eigenvalue weighted by molar-refractivity contribution is -0.949. The molecule has 3 N–H and O–H groups in total. The summed E-state index contributed by atoms with van der Waals surface area (Å²) in [4.78, 5) is 38.9. The number of anilines is 2. The van der Waals surface area contributed by atoms with Gasteiger partial charge in [0.2, 0.25) is 0 Å². The molecule has 3 saturated heterocycles. The maximum Gasteiger partial charge on any atom is 0.404 e. The van der Waals surface area contributed by atoms with Crippen LogP contribution >= 0.6 is 11.3 Å². The van der Waals surface area contributed by atoms with Crippen molar-refractivity contribution >= 4 is 44.9 Å². The molecule has 7 rings (SSSR count). The van der Waals surface area contributed by atoms with Gasteiger partial charge in [0.05, 0.1) is 46.1 Å². The van der Waals surface area contributed by atoms with E-state index in [0.29, 0.717) is 42.2 Å². The highest BCUT2D eigenvalue weighted by Gasteiger charge is 2.64. The van der Waals surface area contributed by atoms with Crippen molar-refractivity contribution in [1.82, 2.24) is 14.9 Å². The molecule has 1 saturated carbocycles. The molecule has 5 heterocycles. The predicted octanol–water partition coefficient (Wildman–Crippen LogP) is 4.19. The Labute approximate surface area is 233 Å². The van der Waals surface area contributed by atoms with Crippen molar-refractivity contribution in [2.24, 2.45) is 23.7 Å². The average molecular weight is 546 g/mol. The number of amides is 2. The number of quaternary nitrogens is 1. The van der Waals surface area contributed by atoms with Gasteiger partial charge in [-0.25, -0.2) is 19.2 Å². The Bertz CT molecular complexity index is 1490. The van der Waals surface area contributed by atoms with Crippen molar-refractivity contribution in [2.45, 2.75) is 45.1 Å². The van der Waals surface area contributed by atoms with Crippen LogP contribution < -0.4 is 11.1 Å². The van der Waals surface area contributed by atoms with Crippen LogP contribution in [-0.4, -0.2) is 64.4 Å². The van der Waals surface area contributed by atoms with Crippen LogP contribution in [0, 0.1) is 23.7 Å². The molecule has 204 valence electrons. The Hall–Kier alpha value is -2.88. The van der Waals surface area contributed by atoms with Gasteiger partial charge in [-0.15, -0.1) is 11.3 Å². The number of pyridine rings is 1. The summed E-state index contributed by atoms with van der Waals surface area (Å²) in [6.45, 7) is 7.98. The summed E-state index contributed by atoms with van der Waals surface area (Å²) in [5.74, 6) is 2.45. The van der Waals surface area contributed by atoms with Gasteiger partial charge in [0.1, 0.15) is 11.9 Å². The minimum Gasteiger partial charge on any atom is -0.383 e. The van der Waals surface area contributed by atoms with Crippen LogP contribution in [0.15, 0.2) is 30.5 Å². The Balaban J connectivity index is 1.15. The van der Waals surface area contributed by atoms with E-state index in [1.807, 2.05) is 24.3 Å². The third-order valence-corrected chi connectivity index (χ3v) is 11.1. The summed E-state index contributed by atoms with van der Waals surface area (Å²) in [6.07, 6.45) is 4.56. The molecular weight excluding hydrogens is 508 g/mol. The molecule has 4 aliphatic rings. The second-order valence-electron chi connectivity index (χ2n) is 12.6. The van der Waals surface area contributed by atoms with Crippen LogP contribution in [-0.2, 0) is 16.0 Å². The van der Waals surface area contributed by atoms with E-state index >= 15 is 0 Å². The van der Waals surface area contributed by atoms with Crippen molar-refractivity contribution in [3.63, 3.8) is 0 Å². The monoisotopic (exact) mass is 545 g/mol. The molecular formula is C30H37N6O2S+. The third kappa shape index (κ3) is 3.92. The number of nitrogens with zero attached hydrogens (tertiary/aromatic N) is 4. The first kappa shape index (κ1) is 25.1. The fourth-order valence-corrected chi connectivity index (χ4v) is 9.40. The summed E-state index contributed by atoms with van der Waals surface area (Å²) in [5, 5.41) is 4.09. The van der Waals surface area contributed by atoms with Gasteiger partial charge >= 0.3 is 11.8 Å². The molecule has 2 bridgehead atoms. The van der Waals surface area contributed by atoms with Crippen molar-refractivity contribution in [1.29, 1.82) is 0 Å². The normalized spacial score (nSPS) is 33.3. The van der Waals surface area contributed by atoms with E-state index in [4.69, 9.17) is 10.7 Å². The van der Waals surface area contributed by atoms with Crippen molar-refractivity contribution in [2.75, 3.05) is 44.3 Å². The van der Waals surface area contributed by atoms with Crippen LogP contribution in [0.4, 0.5) is 11.5 Å². The number of nitrogens with two attached hydrogens (primary N) is 1. The number of aryl methyl sites for hydroxylation is 1. The fourth-order valence-electron chi connectivity index (χ4n) is 8.26. The van der Waals surface area contributed by atoms with Crippen LogP contribution in [0.25, 0.3) is 10.2 Å². The maximum atomic E-state index is 13.8. The molecule has 2 amide bonds. The second kappa shape index (κ2) is 9.08. The molecule has 3 aliphatic heterocycles. The number of rotatable bonds is 4. The first-order chi connectivity index (χ1) is 18.8. The summed E-state index contributed by atoms with van der Waals surface area (Å²) in [5.41, 5.74) is 9.47. The highest BCUT2D eigenvalue weighted by Crippen LogP contribution is 2.55. The summed E-state index contributed by atoms with van der Waals surface area (Å²) in [6, 6.07) is 8.38. The predicted molar refractivity (Wildman–Crippen MR) is 153 cm³/mol. The number of carbonyl (C=O) groups excluding carboxylic acids is 2.